The molecule has 0 saturated heterocycles. The summed E-state index contributed by atoms with van der Waals surface area (Å²) in [5.74, 6) is -0.190. The molecule has 0 aliphatic carbocycles. The molecule has 0 fully saturated rings. The molecule has 0 aliphatic rings. The molecule has 0 unspecified atom stereocenters. The highest BCUT2D eigenvalue weighted by Gasteiger charge is 2.06. The molecule has 4 aromatic rings. The van der Waals surface area contributed by atoms with Crippen molar-refractivity contribution in [1.29, 1.82) is 0 Å². The van der Waals surface area contributed by atoms with Gasteiger partial charge >= 0.3 is 0 Å². The maximum Gasteiger partial charge on any atom is 0.250 e. The van der Waals surface area contributed by atoms with Gasteiger partial charge in [-0.1, -0.05) is 30.3 Å². The summed E-state index contributed by atoms with van der Waals surface area (Å²) in [6.07, 6.45) is 0. The van der Waals surface area contributed by atoms with E-state index < -0.39 is 0 Å². The third kappa shape index (κ3) is 4.73. The molecule has 1 heterocycles. The second-order valence-corrected chi connectivity index (χ2v) is 7.30. The Kier molecular flexibility index (Phi) is 5.61. The van der Waals surface area contributed by atoms with Crippen LogP contribution in [0.1, 0.15) is 5.01 Å². The molecule has 0 radical (unpaired) electrons. The van der Waals surface area contributed by atoms with Crippen LogP contribution < -0.4 is 10.6 Å². The van der Waals surface area contributed by atoms with Crippen molar-refractivity contribution >= 4 is 44.5 Å². The van der Waals surface area contributed by atoms with E-state index in [2.05, 4.69) is 15.6 Å². The molecular formula is C22H19N3O2S. The number of aromatic nitrogens is 1. The Morgan fingerprint density at radius 1 is 0.857 bits per heavy atom. The molecule has 0 spiro atoms. The van der Waals surface area contributed by atoms with Gasteiger partial charge in [-0.05, 0) is 48.5 Å². The predicted molar refractivity (Wildman–Crippen MR) is 114 cm³/mol. The number of fused-ring (bicyclic) bond motifs is 1. The van der Waals surface area contributed by atoms with Gasteiger partial charge in [-0.3, -0.25) is 4.79 Å². The SMILES string of the molecule is O=C(COCc1nc2ccccc2s1)Nc1ccc(Nc2ccccc2)cc1. The Morgan fingerprint density at radius 3 is 2.32 bits per heavy atom. The van der Waals surface area contributed by atoms with Crippen LogP contribution in [0.5, 0.6) is 0 Å². The lowest BCUT2D eigenvalue weighted by molar-refractivity contribution is -0.121. The molecule has 1 aromatic heterocycles. The highest BCUT2D eigenvalue weighted by atomic mass is 32.1. The van der Waals surface area contributed by atoms with Crippen LogP contribution in [0.25, 0.3) is 10.2 Å². The number of amides is 1. The minimum atomic E-state index is -0.190. The number of nitrogens with one attached hydrogen (secondary N) is 2. The second-order valence-electron chi connectivity index (χ2n) is 6.18. The summed E-state index contributed by atoms with van der Waals surface area (Å²) in [6, 6.07) is 25.4. The summed E-state index contributed by atoms with van der Waals surface area (Å²) in [6.45, 7) is 0.312. The average molecular weight is 389 g/mol. The predicted octanol–water partition coefficient (Wildman–Crippen LogP) is 5.20. The molecule has 4 rings (SSSR count). The van der Waals surface area contributed by atoms with E-state index in [9.17, 15) is 4.79 Å². The number of hydrogen-bond donors (Lipinski definition) is 2. The number of para-hydroxylation sites is 2. The average Bonchev–Trinajstić information content (AvgIpc) is 3.13. The largest absolute Gasteiger partial charge is 0.364 e. The highest BCUT2D eigenvalue weighted by Crippen LogP contribution is 2.22. The van der Waals surface area contributed by atoms with E-state index >= 15 is 0 Å². The fourth-order valence-electron chi connectivity index (χ4n) is 2.73. The maximum absolute atomic E-state index is 12.1. The van der Waals surface area contributed by atoms with Crippen LogP contribution in [-0.4, -0.2) is 17.5 Å². The van der Waals surface area contributed by atoms with Gasteiger partial charge in [0.25, 0.3) is 0 Å². The molecule has 0 atom stereocenters. The Balaban J connectivity index is 1.25. The van der Waals surface area contributed by atoms with Crippen LogP contribution in [0, 0.1) is 0 Å². The number of anilines is 3. The van der Waals surface area contributed by atoms with E-state index in [-0.39, 0.29) is 12.5 Å². The molecule has 6 heteroatoms. The van der Waals surface area contributed by atoms with E-state index in [1.54, 1.807) is 11.3 Å². The lowest BCUT2D eigenvalue weighted by Gasteiger charge is -2.09. The monoisotopic (exact) mass is 389 g/mol. The number of benzene rings is 3. The van der Waals surface area contributed by atoms with Gasteiger partial charge in [0.2, 0.25) is 5.91 Å². The summed E-state index contributed by atoms with van der Waals surface area (Å²) < 4.78 is 6.63. The quantitative estimate of drug-likeness (QED) is 0.456. The van der Waals surface area contributed by atoms with Crippen molar-refractivity contribution in [3.05, 3.63) is 83.9 Å². The summed E-state index contributed by atoms with van der Waals surface area (Å²) >= 11 is 1.58. The number of carbonyl (C=O) groups excluding carboxylic acids is 1. The zero-order valence-electron chi connectivity index (χ0n) is 15.1. The Bertz CT molecular complexity index is 1030. The van der Waals surface area contributed by atoms with Crippen LogP contribution in [0.2, 0.25) is 0 Å². The van der Waals surface area contributed by atoms with Crippen molar-refractivity contribution in [2.75, 3.05) is 17.2 Å². The first-order valence-electron chi connectivity index (χ1n) is 8.90. The van der Waals surface area contributed by atoms with E-state index in [1.807, 2.05) is 78.9 Å². The van der Waals surface area contributed by atoms with Gasteiger partial charge in [0.05, 0.1) is 16.8 Å². The van der Waals surface area contributed by atoms with Gasteiger partial charge in [-0.2, -0.15) is 0 Å². The molecule has 28 heavy (non-hydrogen) atoms. The van der Waals surface area contributed by atoms with Crippen molar-refractivity contribution in [2.24, 2.45) is 0 Å². The number of thiazole rings is 1. The molecule has 0 bridgehead atoms. The summed E-state index contributed by atoms with van der Waals surface area (Å²) in [7, 11) is 0. The minimum Gasteiger partial charge on any atom is -0.364 e. The number of rotatable bonds is 7. The molecule has 1 amide bonds. The van der Waals surface area contributed by atoms with Gasteiger partial charge in [-0.25, -0.2) is 4.98 Å². The van der Waals surface area contributed by atoms with E-state index in [1.165, 1.54) is 0 Å². The lowest BCUT2D eigenvalue weighted by atomic mass is 10.2. The van der Waals surface area contributed by atoms with Gasteiger partial charge in [0.15, 0.2) is 0 Å². The van der Waals surface area contributed by atoms with Gasteiger partial charge in [-0.15, -0.1) is 11.3 Å². The van der Waals surface area contributed by atoms with Gasteiger partial charge in [0, 0.05) is 17.1 Å². The number of hydrogen-bond acceptors (Lipinski definition) is 5. The van der Waals surface area contributed by atoms with E-state index in [0.717, 1.165) is 32.3 Å². The standard InChI is InChI=1S/C22H19N3O2S/c26-21(14-27-15-22-25-19-8-4-5-9-20(19)28-22)24-18-12-10-17(11-13-18)23-16-6-2-1-3-7-16/h1-13,23H,14-15H2,(H,24,26). The molecular weight excluding hydrogens is 370 g/mol. The number of nitrogens with zero attached hydrogens (tertiary/aromatic N) is 1. The molecule has 3 aromatic carbocycles. The first-order chi connectivity index (χ1) is 13.8. The third-order valence-corrected chi connectivity index (χ3v) is 5.04. The Hall–Kier alpha value is -3.22. The first-order valence-corrected chi connectivity index (χ1v) is 9.72. The van der Waals surface area contributed by atoms with Gasteiger partial charge < -0.3 is 15.4 Å². The van der Waals surface area contributed by atoms with Crippen molar-refractivity contribution in [1.82, 2.24) is 4.98 Å². The minimum absolute atomic E-state index is 0.0139. The molecule has 0 aliphatic heterocycles. The van der Waals surface area contributed by atoms with Crippen molar-refractivity contribution in [2.45, 2.75) is 6.61 Å². The van der Waals surface area contributed by atoms with Gasteiger partial charge in [0.1, 0.15) is 11.6 Å². The van der Waals surface area contributed by atoms with Crippen LogP contribution in [0.15, 0.2) is 78.9 Å². The summed E-state index contributed by atoms with van der Waals surface area (Å²) in [5, 5.41) is 7.01. The third-order valence-electron chi connectivity index (χ3n) is 4.03. The molecule has 2 N–H and O–H groups in total. The fourth-order valence-corrected chi connectivity index (χ4v) is 3.64. The first kappa shape index (κ1) is 18.2. The number of carbonyl (C=O) groups is 1. The molecule has 5 nitrogen and oxygen atoms in total. The zero-order valence-corrected chi connectivity index (χ0v) is 15.9. The van der Waals surface area contributed by atoms with Crippen LogP contribution in [-0.2, 0) is 16.1 Å². The second kappa shape index (κ2) is 8.65. The molecule has 140 valence electrons. The Labute approximate surface area is 167 Å². The fraction of sp³-hybridized carbons (Fsp3) is 0.0909. The van der Waals surface area contributed by atoms with Crippen molar-refractivity contribution in [3.63, 3.8) is 0 Å². The summed E-state index contributed by atoms with van der Waals surface area (Å²) in [4.78, 5) is 16.6. The van der Waals surface area contributed by atoms with E-state index in [0.29, 0.717) is 6.61 Å². The highest BCUT2D eigenvalue weighted by molar-refractivity contribution is 7.18. The van der Waals surface area contributed by atoms with Crippen molar-refractivity contribution in [3.8, 4) is 0 Å². The smallest absolute Gasteiger partial charge is 0.250 e. The lowest BCUT2D eigenvalue weighted by Crippen LogP contribution is -2.18. The Morgan fingerprint density at radius 2 is 1.54 bits per heavy atom. The topological polar surface area (TPSA) is 63.2 Å². The number of ether oxygens (including phenoxy) is 1. The normalized spacial score (nSPS) is 10.7. The maximum atomic E-state index is 12.1. The van der Waals surface area contributed by atoms with Crippen LogP contribution >= 0.6 is 11.3 Å². The van der Waals surface area contributed by atoms with Crippen LogP contribution in [0.3, 0.4) is 0 Å². The van der Waals surface area contributed by atoms with Crippen LogP contribution in [0.4, 0.5) is 17.1 Å². The van der Waals surface area contributed by atoms with Crippen molar-refractivity contribution < 1.29 is 9.53 Å². The van der Waals surface area contributed by atoms with E-state index in [4.69, 9.17) is 4.74 Å². The zero-order chi connectivity index (χ0) is 19.2. The molecule has 0 saturated carbocycles. The summed E-state index contributed by atoms with van der Waals surface area (Å²) in [5.41, 5.74) is 3.66.